The normalized spacial score (nSPS) is 10.1. The molecule has 0 aromatic heterocycles. The molecule has 0 atom stereocenters. The smallest absolute Gasteiger partial charge is 0.299 e. The largest absolute Gasteiger partial charge is 0.316 e. The van der Waals surface area contributed by atoms with Gasteiger partial charge in [0.15, 0.2) is 0 Å². The zero-order valence-electron chi connectivity index (χ0n) is 12.9. The number of hydrogen-bond donors (Lipinski definition) is 1. The summed E-state index contributed by atoms with van der Waals surface area (Å²) in [4.78, 5) is 52.0. The quantitative estimate of drug-likeness (QED) is 0.579. The maximum Gasteiger partial charge on any atom is 0.299 e. The van der Waals surface area contributed by atoms with Crippen LogP contribution >= 0.6 is 0 Å². The van der Waals surface area contributed by atoms with Gasteiger partial charge in [-0.1, -0.05) is 0 Å². The molecule has 0 unspecified atom stereocenters. The highest BCUT2D eigenvalue weighted by Gasteiger charge is 2.27. The number of non-ortho nitro benzene ring substituents is 2. The van der Waals surface area contributed by atoms with E-state index in [0.717, 1.165) is 24.3 Å². The second-order valence-electron chi connectivity index (χ2n) is 4.89. The summed E-state index contributed by atoms with van der Waals surface area (Å²) in [6.45, 7) is 0. The second kappa shape index (κ2) is 7.18. The van der Waals surface area contributed by atoms with E-state index in [1.807, 2.05) is 5.32 Å². The molecule has 14 heteroatoms. The number of anilines is 1. The Balaban J connectivity index is 2.46. The SMILES string of the molecule is O=C(Nc1ccc([N+](=O)[O-])cc1[N+](=O)[O-])c1ccc([N+](=O)[O-])cc1[N+](=O)[O-]. The van der Waals surface area contributed by atoms with Crippen LogP contribution in [-0.2, 0) is 0 Å². The van der Waals surface area contributed by atoms with E-state index in [-0.39, 0.29) is 0 Å². The summed E-state index contributed by atoms with van der Waals surface area (Å²) in [6.07, 6.45) is 0. The number of rotatable bonds is 6. The Bertz CT molecular complexity index is 1000. The number of carbonyl (C=O) groups excluding carboxylic acids is 1. The van der Waals surface area contributed by atoms with Crippen molar-refractivity contribution in [2.45, 2.75) is 0 Å². The van der Waals surface area contributed by atoms with Gasteiger partial charge < -0.3 is 5.32 Å². The number of carbonyl (C=O) groups is 1. The molecule has 0 spiro atoms. The van der Waals surface area contributed by atoms with Gasteiger partial charge in [-0.05, 0) is 12.1 Å². The zero-order valence-corrected chi connectivity index (χ0v) is 12.9. The molecule has 2 aromatic carbocycles. The van der Waals surface area contributed by atoms with Crippen LogP contribution in [0.15, 0.2) is 36.4 Å². The molecule has 0 aliphatic rings. The third-order valence-electron chi connectivity index (χ3n) is 3.27. The summed E-state index contributed by atoms with van der Waals surface area (Å²) in [7, 11) is 0. The molecule has 0 saturated heterocycles. The number of nitro benzene ring substituents is 4. The van der Waals surface area contributed by atoms with Crippen LogP contribution in [0.5, 0.6) is 0 Å². The minimum atomic E-state index is -1.16. The number of nitrogens with one attached hydrogen (secondary N) is 1. The molecule has 0 saturated carbocycles. The summed E-state index contributed by atoms with van der Waals surface area (Å²) in [5, 5.41) is 45.6. The van der Waals surface area contributed by atoms with Gasteiger partial charge in [0.05, 0.1) is 31.8 Å². The molecule has 1 amide bonds. The van der Waals surface area contributed by atoms with Crippen LogP contribution in [-0.4, -0.2) is 25.6 Å². The van der Waals surface area contributed by atoms with Gasteiger partial charge in [0.2, 0.25) is 0 Å². The van der Waals surface area contributed by atoms with Gasteiger partial charge in [-0.2, -0.15) is 0 Å². The van der Waals surface area contributed by atoms with E-state index in [4.69, 9.17) is 0 Å². The van der Waals surface area contributed by atoms with E-state index in [2.05, 4.69) is 0 Å². The third kappa shape index (κ3) is 3.95. The Kier molecular flexibility index (Phi) is 5.01. The van der Waals surface area contributed by atoms with Crippen molar-refractivity contribution in [2.75, 3.05) is 5.32 Å². The molecular weight excluding hydrogens is 370 g/mol. The van der Waals surface area contributed by atoms with Crippen molar-refractivity contribution in [1.29, 1.82) is 0 Å². The van der Waals surface area contributed by atoms with Crippen molar-refractivity contribution in [3.63, 3.8) is 0 Å². The minimum Gasteiger partial charge on any atom is -0.316 e. The van der Waals surface area contributed by atoms with E-state index in [9.17, 15) is 45.3 Å². The van der Waals surface area contributed by atoms with Crippen LogP contribution in [0.4, 0.5) is 28.4 Å². The number of benzene rings is 2. The van der Waals surface area contributed by atoms with E-state index < -0.39 is 59.6 Å². The summed E-state index contributed by atoms with van der Waals surface area (Å²) >= 11 is 0. The van der Waals surface area contributed by atoms with Gasteiger partial charge in [0.25, 0.3) is 28.7 Å². The minimum absolute atomic E-state index is 0.441. The molecule has 2 aromatic rings. The number of nitrogens with zero attached hydrogens (tertiary/aromatic N) is 4. The standard InChI is InChI=1S/C13H7N5O9/c19-13(9-3-1-7(15(20)21)5-11(9)17(24)25)14-10-4-2-8(16(22)23)6-12(10)18(26)27/h1-6H,(H,14,19). The van der Waals surface area contributed by atoms with Crippen molar-refractivity contribution in [3.8, 4) is 0 Å². The molecule has 0 bridgehead atoms. The summed E-state index contributed by atoms with van der Waals surface area (Å²) in [5.74, 6) is -1.16. The van der Waals surface area contributed by atoms with Crippen LogP contribution < -0.4 is 5.32 Å². The van der Waals surface area contributed by atoms with E-state index in [1.54, 1.807) is 0 Å². The molecule has 1 N–H and O–H groups in total. The summed E-state index contributed by atoms with van der Waals surface area (Å²) in [5.41, 5.74) is -3.93. The highest BCUT2D eigenvalue weighted by molar-refractivity contribution is 6.08. The lowest BCUT2D eigenvalue weighted by molar-refractivity contribution is -0.394. The second-order valence-corrected chi connectivity index (χ2v) is 4.89. The van der Waals surface area contributed by atoms with Crippen molar-refractivity contribution in [2.24, 2.45) is 0 Å². The lowest BCUT2D eigenvalue weighted by Crippen LogP contribution is -2.15. The maximum absolute atomic E-state index is 12.3. The van der Waals surface area contributed by atoms with Crippen molar-refractivity contribution < 1.29 is 24.5 Å². The van der Waals surface area contributed by atoms with E-state index >= 15 is 0 Å². The number of hydrogen-bond acceptors (Lipinski definition) is 9. The highest BCUT2D eigenvalue weighted by atomic mass is 16.6. The fourth-order valence-electron chi connectivity index (χ4n) is 2.06. The molecule has 138 valence electrons. The van der Waals surface area contributed by atoms with Crippen LogP contribution in [0.25, 0.3) is 0 Å². The molecule has 2 rings (SSSR count). The molecule has 0 radical (unpaired) electrons. The van der Waals surface area contributed by atoms with Gasteiger partial charge in [-0.3, -0.25) is 45.3 Å². The Morgan fingerprint density at radius 1 is 0.704 bits per heavy atom. The first-order valence-corrected chi connectivity index (χ1v) is 6.79. The van der Waals surface area contributed by atoms with Crippen molar-refractivity contribution in [3.05, 3.63) is 82.4 Å². The predicted octanol–water partition coefficient (Wildman–Crippen LogP) is 2.57. The van der Waals surface area contributed by atoms with Gasteiger partial charge >= 0.3 is 0 Å². The monoisotopic (exact) mass is 377 g/mol. The first kappa shape index (κ1) is 18.8. The van der Waals surface area contributed by atoms with Gasteiger partial charge in [0.1, 0.15) is 11.3 Å². The topological polar surface area (TPSA) is 202 Å². The van der Waals surface area contributed by atoms with Crippen LogP contribution in [0, 0.1) is 40.5 Å². The molecule has 0 fully saturated rings. The summed E-state index contributed by atoms with van der Waals surface area (Å²) in [6, 6.07) is 4.65. The first-order valence-electron chi connectivity index (χ1n) is 6.79. The molecule has 0 heterocycles. The molecular formula is C13H7N5O9. The maximum atomic E-state index is 12.3. The van der Waals surface area contributed by atoms with Crippen molar-refractivity contribution in [1.82, 2.24) is 0 Å². The van der Waals surface area contributed by atoms with Gasteiger partial charge in [-0.15, -0.1) is 0 Å². The molecule has 14 nitrogen and oxygen atoms in total. The third-order valence-corrected chi connectivity index (χ3v) is 3.27. The Hall–Kier alpha value is -4.49. The Labute approximate surface area is 147 Å². The first-order chi connectivity index (χ1) is 12.6. The highest BCUT2D eigenvalue weighted by Crippen LogP contribution is 2.31. The number of nitro groups is 4. The predicted molar refractivity (Wildman–Crippen MR) is 87.5 cm³/mol. The molecule has 0 aliphatic carbocycles. The Morgan fingerprint density at radius 2 is 1.19 bits per heavy atom. The van der Waals surface area contributed by atoms with Gasteiger partial charge in [0, 0.05) is 12.1 Å². The fraction of sp³-hybridized carbons (Fsp3) is 0. The van der Waals surface area contributed by atoms with Crippen LogP contribution in [0.2, 0.25) is 0 Å². The molecule has 27 heavy (non-hydrogen) atoms. The average molecular weight is 377 g/mol. The Morgan fingerprint density at radius 3 is 1.67 bits per heavy atom. The van der Waals surface area contributed by atoms with Gasteiger partial charge in [-0.25, -0.2) is 0 Å². The fourth-order valence-corrected chi connectivity index (χ4v) is 2.06. The molecule has 0 aliphatic heterocycles. The van der Waals surface area contributed by atoms with Crippen LogP contribution in [0.1, 0.15) is 10.4 Å². The van der Waals surface area contributed by atoms with Crippen molar-refractivity contribution >= 4 is 34.3 Å². The lowest BCUT2D eigenvalue weighted by Gasteiger charge is -2.06. The lowest BCUT2D eigenvalue weighted by atomic mass is 10.1. The zero-order chi connectivity index (χ0) is 20.3. The summed E-state index contributed by atoms with van der Waals surface area (Å²) < 4.78 is 0. The van der Waals surface area contributed by atoms with Crippen LogP contribution in [0.3, 0.4) is 0 Å². The van der Waals surface area contributed by atoms with E-state index in [0.29, 0.717) is 12.1 Å². The average Bonchev–Trinajstić information content (AvgIpc) is 2.60. The van der Waals surface area contributed by atoms with E-state index in [1.165, 1.54) is 0 Å². The number of amides is 1.